The minimum atomic E-state index is -0.748. The first-order valence-corrected chi connectivity index (χ1v) is 7.47. The lowest BCUT2D eigenvalue weighted by atomic mass is 10.2. The minimum Gasteiger partial charge on any atom is -0.455 e. The predicted octanol–water partition coefficient (Wildman–Crippen LogP) is 4.05. The number of aryl methyl sites for hydroxylation is 1. The molecule has 0 atom stereocenters. The Hall–Kier alpha value is -3.22. The highest BCUT2D eigenvalue weighted by Crippen LogP contribution is 2.30. The summed E-state index contributed by atoms with van der Waals surface area (Å²) in [4.78, 5) is 12.4. The maximum Gasteiger partial charge on any atom is 0.259 e. The molecule has 3 aromatic rings. The molecule has 1 heterocycles. The third kappa shape index (κ3) is 3.65. The molecule has 5 nitrogen and oxygen atoms in total. The van der Waals surface area contributed by atoms with Crippen molar-refractivity contribution < 1.29 is 18.3 Å². The molecular weight excluding hydrogens is 328 g/mol. The molecule has 1 N–H and O–H groups in total. The average molecular weight is 343 g/mol. The molecule has 0 spiro atoms. The van der Waals surface area contributed by atoms with Crippen LogP contribution in [0, 0.1) is 18.6 Å². The van der Waals surface area contributed by atoms with Gasteiger partial charge in [-0.1, -0.05) is 12.1 Å². The Balaban J connectivity index is 1.86. The average Bonchev–Trinajstić information content (AvgIpc) is 2.88. The van der Waals surface area contributed by atoms with Crippen LogP contribution in [0.15, 0.2) is 48.7 Å². The minimum absolute atomic E-state index is 0.00300. The van der Waals surface area contributed by atoms with E-state index in [2.05, 4.69) is 10.4 Å². The highest BCUT2D eigenvalue weighted by Gasteiger charge is 2.15. The van der Waals surface area contributed by atoms with Crippen LogP contribution < -0.4 is 10.1 Å². The zero-order chi connectivity index (χ0) is 18.0. The number of rotatable bonds is 4. The number of halogens is 2. The van der Waals surface area contributed by atoms with Crippen LogP contribution in [0.2, 0.25) is 0 Å². The maximum absolute atomic E-state index is 13.3. The Bertz CT molecular complexity index is 918. The molecule has 0 aliphatic rings. The number of hydrogen-bond acceptors (Lipinski definition) is 3. The molecular formula is C18H15F2N3O2. The number of nitrogens with one attached hydrogen (secondary N) is 1. The predicted molar refractivity (Wildman–Crippen MR) is 88.8 cm³/mol. The van der Waals surface area contributed by atoms with Crippen LogP contribution in [0.4, 0.5) is 14.5 Å². The smallest absolute Gasteiger partial charge is 0.259 e. The number of ether oxygens (including phenoxy) is 1. The van der Waals surface area contributed by atoms with E-state index < -0.39 is 11.6 Å². The number of nitrogens with zero attached hydrogens (tertiary/aromatic N) is 2. The molecule has 128 valence electrons. The largest absolute Gasteiger partial charge is 0.455 e. The van der Waals surface area contributed by atoms with Crippen LogP contribution in [0.25, 0.3) is 0 Å². The van der Waals surface area contributed by atoms with E-state index in [-0.39, 0.29) is 17.4 Å². The van der Waals surface area contributed by atoms with Gasteiger partial charge in [-0.2, -0.15) is 5.10 Å². The fraction of sp³-hybridized carbons (Fsp3) is 0.111. The molecule has 2 aromatic carbocycles. The van der Waals surface area contributed by atoms with Gasteiger partial charge in [0.25, 0.3) is 5.91 Å². The quantitative estimate of drug-likeness (QED) is 0.777. The zero-order valence-electron chi connectivity index (χ0n) is 13.6. The van der Waals surface area contributed by atoms with E-state index in [0.29, 0.717) is 16.9 Å². The molecule has 0 saturated carbocycles. The second-order valence-corrected chi connectivity index (χ2v) is 5.42. The summed E-state index contributed by atoms with van der Waals surface area (Å²) < 4.78 is 33.7. The van der Waals surface area contributed by atoms with Crippen molar-refractivity contribution in [2.75, 3.05) is 5.32 Å². The number of hydrogen-bond donors (Lipinski definition) is 1. The lowest BCUT2D eigenvalue weighted by molar-refractivity contribution is 0.102. The number of carbonyl (C=O) groups is 1. The summed E-state index contributed by atoms with van der Waals surface area (Å²) in [5.74, 6) is -1.59. The Morgan fingerprint density at radius 3 is 2.48 bits per heavy atom. The van der Waals surface area contributed by atoms with E-state index in [1.54, 1.807) is 42.9 Å². The molecule has 25 heavy (non-hydrogen) atoms. The Morgan fingerprint density at radius 1 is 1.16 bits per heavy atom. The van der Waals surface area contributed by atoms with Crippen LogP contribution in [0.1, 0.15) is 16.1 Å². The monoisotopic (exact) mass is 343 g/mol. The molecule has 1 aromatic heterocycles. The zero-order valence-corrected chi connectivity index (χ0v) is 13.6. The number of para-hydroxylation sites is 2. The van der Waals surface area contributed by atoms with E-state index >= 15 is 0 Å². The molecule has 7 heteroatoms. The number of aromatic nitrogens is 2. The number of amides is 1. The Labute approximate surface area is 142 Å². The van der Waals surface area contributed by atoms with Gasteiger partial charge in [-0.3, -0.25) is 9.48 Å². The van der Waals surface area contributed by atoms with Gasteiger partial charge in [-0.25, -0.2) is 8.78 Å². The van der Waals surface area contributed by atoms with Gasteiger partial charge < -0.3 is 10.1 Å². The molecule has 0 aliphatic heterocycles. The number of carbonyl (C=O) groups excluding carboxylic acids is 1. The first kappa shape index (κ1) is 16.6. The summed E-state index contributed by atoms with van der Waals surface area (Å²) >= 11 is 0. The third-order valence-corrected chi connectivity index (χ3v) is 3.68. The SMILES string of the molecule is Cc1c(C(=O)Nc2ccccc2Oc2cc(F)cc(F)c2)cnn1C. The van der Waals surface area contributed by atoms with Crippen LogP contribution in [-0.4, -0.2) is 15.7 Å². The van der Waals surface area contributed by atoms with Crippen molar-refractivity contribution in [1.29, 1.82) is 0 Å². The normalized spacial score (nSPS) is 10.6. The fourth-order valence-corrected chi connectivity index (χ4v) is 2.28. The molecule has 0 radical (unpaired) electrons. The molecule has 0 fully saturated rings. The summed E-state index contributed by atoms with van der Waals surface area (Å²) in [7, 11) is 1.74. The second kappa shape index (κ2) is 6.72. The fourth-order valence-electron chi connectivity index (χ4n) is 2.28. The standard InChI is InChI=1S/C18H15F2N3O2/c1-11-15(10-21-23(11)2)18(24)22-16-5-3-4-6-17(16)25-14-8-12(19)7-13(20)9-14/h3-10H,1-2H3,(H,22,24). The summed E-state index contributed by atoms with van der Waals surface area (Å²) in [6.07, 6.45) is 1.47. The molecule has 0 unspecified atom stereocenters. The third-order valence-electron chi connectivity index (χ3n) is 3.68. The van der Waals surface area contributed by atoms with Crippen molar-refractivity contribution in [3.8, 4) is 11.5 Å². The van der Waals surface area contributed by atoms with Crippen LogP contribution in [0.3, 0.4) is 0 Å². The van der Waals surface area contributed by atoms with Crippen LogP contribution in [-0.2, 0) is 7.05 Å². The lowest BCUT2D eigenvalue weighted by Crippen LogP contribution is -2.13. The topological polar surface area (TPSA) is 56.1 Å². The first-order valence-electron chi connectivity index (χ1n) is 7.47. The van der Waals surface area contributed by atoms with Crippen molar-refractivity contribution in [3.05, 3.63) is 71.6 Å². The van der Waals surface area contributed by atoms with Gasteiger partial charge in [0.15, 0.2) is 5.75 Å². The Morgan fingerprint density at radius 2 is 1.84 bits per heavy atom. The van der Waals surface area contributed by atoms with Crippen molar-refractivity contribution >= 4 is 11.6 Å². The van der Waals surface area contributed by atoms with E-state index in [1.165, 1.54) is 6.20 Å². The molecule has 0 saturated heterocycles. The lowest BCUT2D eigenvalue weighted by Gasteiger charge is -2.12. The maximum atomic E-state index is 13.3. The van der Waals surface area contributed by atoms with Gasteiger partial charge in [-0.05, 0) is 19.1 Å². The van der Waals surface area contributed by atoms with Gasteiger partial charge in [0.05, 0.1) is 17.4 Å². The van der Waals surface area contributed by atoms with Crippen LogP contribution in [0.5, 0.6) is 11.5 Å². The van der Waals surface area contributed by atoms with Gasteiger partial charge in [0.2, 0.25) is 0 Å². The van der Waals surface area contributed by atoms with Crippen molar-refractivity contribution in [1.82, 2.24) is 9.78 Å². The van der Waals surface area contributed by atoms with Gasteiger partial charge in [-0.15, -0.1) is 0 Å². The van der Waals surface area contributed by atoms with E-state index in [9.17, 15) is 13.6 Å². The molecule has 0 bridgehead atoms. The van der Waals surface area contributed by atoms with Crippen molar-refractivity contribution in [2.45, 2.75) is 6.92 Å². The summed E-state index contributed by atoms with van der Waals surface area (Å²) in [6, 6.07) is 9.51. The highest BCUT2D eigenvalue weighted by atomic mass is 19.1. The van der Waals surface area contributed by atoms with Crippen molar-refractivity contribution in [2.24, 2.45) is 7.05 Å². The molecule has 0 aliphatic carbocycles. The van der Waals surface area contributed by atoms with E-state index in [0.717, 1.165) is 18.2 Å². The first-order chi connectivity index (χ1) is 11.9. The number of benzene rings is 2. The van der Waals surface area contributed by atoms with Gasteiger partial charge in [0, 0.05) is 30.9 Å². The summed E-state index contributed by atoms with van der Waals surface area (Å²) in [5, 5.41) is 6.76. The summed E-state index contributed by atoms with van der Waals surface area (Å²) in [5.41, 5.74) is 1.51. The number of anilines is 1. The molecule has 1 amide bonds. The van der Waals surface area contributed by atoms with Crippen molar-refractivity contribution in [3.63, 3.8) is 0 Å². The summed E-state index contributed by atoms with van der Waals surface area (Å²) in [6.45, 7) is 1.78. The van der Waals surface area contributed by atoms with Crippen LogP contribution >= 0.6 is 0 Å². The Kier molecular flexibility index (Phi) is 4.47. The highest BCUT2D eigenvalue weighted by molar-refractivity contribution is 6.05. The molecule has 3 rings (SSSR count). The van der Waals surface area contributed by atoms with Gasteiger partial charge in [0.1, 0.15) is 17.4 Å². The van der Waals surface area contributed by atoms with E-state index in [1.807, 2.05) is 0 Å². The van der Waals surface area contributed by atoms with E-state index in [4.69, 9.17) is 4.74 Å². The second-order valence-electron chi connectivity index (χ2n) is 5.42. The van der Waals surface area contributed by atoms with Gasteiger partial charge >= 0.3 is 0 Å².